The molecule has 3 rings (SSSR count). The van der Waals surface area contributed by atoms with E-state index in [1.807, 2.05) is 60.7 Å². The average molecular weight is 631 g/mol. The van der Waals surface area contributed by atoms with Crippen molar-refractivity contribution in [3.63, 3.8) is 0 Å². The van der Waals surface area contributed by atoms with Gasteiger partial charge in [-0.05, 0) is 48.6 Å². The highest BCUT2D eigenvalue weighted by Gasteiger charge is 2.36. The Morgan fingerprint density at radius 2 is 1.39 bits per heavy atom. The van der Waals surface area contributed by atoms with Gasteiger partial charge in [0.05, 0.1) is 12.5 Å². The smallest absolute Gasteiger partial charge is 0.328 e. The SMILES string of the molecule is CC[C@H](C)[C@H](NC(=O)C(=O)C(C)NC(=O)[C@H](Cc1ccccc1)NC(=O)Cc1ccc2ccccc2c1)C(=O)NC(C)(C)C(=O)O. The van der Waals surface area contributed by atoms with Gasteiger partial charge in [-0.2, -0.15) is 0 Å². The van der Waals surface area contributed by atoms with Gasteiger partial charge in [0.2, 0.25) is 23.5 Å². The fourth-order valence-corrected chi connectivity index (χ4v) is 4.77. The molecule has 3 aromatic rings. The minimum absolute atomic E-state index is 0.0258. The Morgan fingerprint density at radius 3 is 2.02 bits per heavy atom. The van der Waals surface area contributed by atoms with Gasteiger partial charge in [-0.3, -0.25) is 24.0 Å². The number of carbonyl (C=O) groups is 6. The van der Waals surface area contributed by atoms with Crippen LogP contribution in [0.3, 0.4) is 0 Å². The summed E-state index contributed by atoms with van der Waals surface area (Å²) in [4.78, 5) is 77.0. The van der Waals surface area contributed by atoms with Crippen LogP contribution in [0.5, 0.6) is 0 Å². The van der Waals surface area contributed by atoms with Gasteiger partial charge in [-0.1, -0.05) is 93.1 Å². The number of carboxylic acids is 1. The highest BCUT2D eigenvalue weighted by atomic mass is 16.4. The van der Waals surface area contributed by atoms with Crippen LogP contribution in [-0.4, -0.2) is 64.2 Å². The Morgan fingerprint density at radius 1 is 0.761 bits per heavy atom. The molecule has 0 heterocycles. The van der Waals surface area contributed by atoms with E-state index < -0.39 is 65.0 Å². The maximum absolute atomic E-state index is 13.4. The molecular formula is C35H42N4O7. The van der Waals surface area contributed by atoms with Crippen LogP contribution in [0.4, 0.5) is 0 Å². The molecular weight excluding hydrogens is 588 g/mol. The van der Waals surface area contributed by atoms with Crippen molar-refractivity contribution in [1.82, 2.24) is 21.3 Å². The number of rotatable bonds is 15. The van der Waals surface area contributed by atoms with Gasteiger partial charge in [-0.15, -0.1) is 0 Å². The zero-order chi connectivity index (χ0) is 34.0. The number of nitrogens with one attached hydrogen (secondary N) is 4. The normalized spacial score (nSPS) is 13.8. The lowest BCUT2D eigenvalue weighted by molar-refractivity contribution is -0.147. The van der Waals surface area contributed by atoms with Gasteiger partial charge in [0.1, 0.15) is 17.6 Å². The first-order chi connectivity index (χ1) is 21.7. The van der Waals surface area contributed by atoms with Gasteiger partial charge in [0.15, 0.2) is 0 Å². The second-order valence-corrected chi connectivity index (χ2v) is 12.0. The average Bonchev–Trinajstić information content (AvgIpc) is 3.02. The van der Waals surface area contributed by atoms with Crippen LogP contribution in [0, 0.1) is 5.92 Å². The summed E-state index contributed by atoms with van der Waals surface area (Å²) in [5.41, 5.74) is -0.0651. The molecule has 0 bridgehead atoms. The summed E-state index contributed by atoms with van der Waals surface area (Å²) >= 11 is 0. The Hall–Kier alpha value is -5.06. The highest BCUT2D eigenvalue weighted by Crippen LogP contribution is 2.16. The van der Waals surface area contributed by atoms with Crippen molar-refractivity contribution >= 4 is 46.2 Å². The molecule has 0 aromatic heterocycles. The Bertz CT molecular complexity index is 1590. The Balaban J connectivity index is 1.70. The van der Waals surface area contributed by atoms with Crippen molar-refractivity contribution in [2.75, 3.05) is 0 Å². The number of ketones is 1. The fraction of sp³-hybridized carbons (Fsp3) is 0.371. The number of carbonyl (C=O) groups excluding carboxylic acids is 5. The molecule has 1 unspecified atom stereocenters. The van der Waals surface area contributed by atoms with Gasteiger partial charge in [0.25, 0.3) is 5.91 Å². The summed E-state index contributed by atoms with van der Waals surface area (Å²) < 4.78 is 0. The summed E-state index contributed by atoms with van der Waals surface area (Å²) in [6.45, 7) is 7.41. The van der Waals surface area contributed by atoms with Crippen molar-refractivity contribution in [2.24, 2.45) is 5.92 Å². The molecule has 0 radical (unpaired) electrons. The third-order valence-corrected chi connectivity index (χ3v) is 7.84. The first-order valence-corrected chi connectivity index (χ1v) is 15.2. The number of hydrogen-bond donors (Lipinski definition) is 5. The van der Waals surface area contributed by atoms with E-state index in [4.69, 9.17) is 0 Å². The lowest BCUT2D eigenvalue weighted by atomic mass is 9.96. The molecule has 11 nitrogen and oxygen atoms in total. The summed E-state index contributed by atoms with van der Waals surface area (Å²) in [6.07, 6.45) is 0.614. The molecule has 3 aromatic carbocycles. The number of carboxylic acid groups (broad SMARTS) is 1. The van der Waals surface area contributed by atoms with Crippen molar-refractivity contribution in [3.05, 3.63) is 83.9 Å². The van der Waals surface area contributed by atoms with Gasteiger partial charge in [0, 0.05) is 6.42 Å². The molecule has 244 valence electrons. The predicted molar refractivity (Wildman–Crippen MR) is 174 cm³/mol. The second kappa shape index (κ2) is 15.8. The van der Waals surface area contributed by atoms with Crippen molar-refractivity contribution in [3.8, 4) is 0 Å². The van der Waals surface area contributed by atoms with E-state index in [1.54, 1.807) is 26.0 Å². The van der Waals surface area contributed by atoms with Crippen LogP contribution in [0.2, 0.25) is 0 Å². The molecule has 4 atom stereocenters. The third kappa shape index (κ3) is 9.72. The summed E-state index contributed by atoms with van der Waals surface area (Å²) in [7, 11) is 0. The topological polar surface area (TPSA) is 171 Å². The van der Waals surface area contributed by atoms with Crippen LogP contribution in [-0.2, 0) is 41.6 Å². The summed E-state index contributed by atoms with van der Waals surface area (Å²) in [6, 6.07) is 19.0. The third-order valence-electron chi connectivity index (χ3n) is 7.84. The van der Waals surface area contributed by atoms with Gasteiger partial charge >= 0.3 is 5.97 Å². The van der Waals surface area contributed by atoms with E-state index in [9.17, 15) is 33.9 Å². The van der Waals surface area contributed by atoms with Crippen LogP contribution in [0.15, 0.2) is 72.8 Å². The van der Waals surface area contributed by atoms with Crippen molar-refractivity contribution in [2.45, 2.75) is 77.5 Å². The minimum atomic E-state index is -1.61. The molecule has 0 saturated carbocycles. The number of aliphatic carboxylic acids is 1. The van der Waals surface area contributed by atoms with Crippen LogP contribution in [0.1, 0.15) is 52.2 Å². The van der Waals surface area contributed by atoms with E-state index in [-0.39, 0.29) is 12.8 Å². The summed E-state index contributed by atoms with van der Waals surface area (Å²) in [5, 5.41) is 21.5. The quantitative estimate of drug-likeness (QED) is 0.161. The van der Waals surface area contributed by atoms with Crippen LogP contribution < -0.4 is 21.3 Å². The van der Waals surface area contributed by atoms with Crippen molar-refractivity contribution < 1.29 is 33.9 Å². The number of hydrogen-bond acceptors (Lipinski definition) is 6. The molecule has 0 aliphatic carbocycles. The first-order valence-electron chi connectivity index (χ1n) is 15.2. The zero-order valence-electron chi connectivity index (χ0n) is 26.8. The standard InChI is InChI=1S/C35H42N4O7/c1-6-21(2)29(32(43)39-35(4,5)34(45)46)38-33(44)30(41)22(3)36-31(42)27(19-23-12-8-7-9-13-23)37-28(40)20-24-16-17-25-14-10-11-15-26(25)18-24/h7-18,21-22,27,29H,6,19-20H2,1-5H3,(H,36,42)(H,37,40)(H,38,44)(H,39,43)(H,45,46)/t21-,22?,27-,29-/m0/s1. The predicted octanol–water partition coefficient (Wildman–Crippen LogP) is 2.69. The largest absolute Gasteiger partial charge is 0.480 e. The molecule has 0 spiro atoms. The molecule has 0 aliphatic heterocycles. The molecule has 0 fully saturated rings. The second-order valence-electron chi connectivity index (χ2n) is 12.0. The monoisotopic (exact) mass is 630 g/mol. The van der Waals surface area contributed by atoms with Crippen LogP contribution >= 0.6 is 0 Å². The Kier molecular flexibility index (Phi) is 12.2. The van der Waals surface area contributed by atoms with E-state index in [1.165, 1.54) is 20.8 Å². The highest BCUT2D eigenvalue weighted by molar-refractivity contribution is 6.38. The Labute approximate surface area is 268 Å². The fourth-order valence-electron chi connectivity index (χ4n) is 4.77. The molecule has 46 heavy (non-hydrogen) atoms. The molecule has 4 amide bonds. The van der Waals surface area contributed by atoms with E-state index >= 15 is 0 Å². The maximum atomic E-state index is 13.4. The zero-order valence-corrected chi connectivity index (χ0v) is 26.8. The number of Topliss-reactive ketones (excluding diaryl/α,β-unsaturated/α-hetero) is 1. The molecule has 0 saturated heterocycles. The van der Waals surface area contributed by atoms with E-state index in [0.717, 1.165) is 21.9 Å². The first kappa shape index (κ1) is 35.4. The molecule has 11 heteroatoms. The van der Waals surface area contributed by atoms with E-state index in [0.29, 0.717) is 6.42 Å². The number of fused-ring (bicyclic) bond motifs is 1. The number of benzene rings is 3. The van der Waals surface area contributed by atoms with Crippen molar-refractivity contribution in [1.29, 1.82) is 0 Å². The van der Waals surface area contributed by atoms with Crippen LogP contribution in [0.25, 0.3) is 10.8 Å². The minimum Gasteiger partial charge on any atom is -0.480 e. The van der Waals surface area contributed by atoms with Gasteiger partial charge in [-0.25, -0.2) is 4.79 Å². The molecule has 0 aliphatic rings. The number of amides is 4. The maximum Gasteiger partial charge on any atom is 0.328 e. The van der Waals surface area contributed by atoms with E-state index in [2.05, 4.69) is 21.3 Å². The lowest BCUT2D eigenvalue weighted by Gasteiger charge is -2.28. The summed E-state index contributed by atoms with van der Waals surface area (Å²) in [5.74, 6) is -5.62. The van der Waals surface area contributed by atoms with Gasteiger partial charge < -0.3 is 26.4 Å². The lowest BCUT2D eigenvalue weighted by Crippen LogP contribution is -2.60. The molecule has 5 N–H and O–H groups in total.